The van der Waals surface area contributed by atoms with Crippen LogP contribution >= 0.6 is 0 Å². The lowest BCUT2D eigenvalue weighted by Crippen LogP contribution is -2.56. The van der Waals surface area contributed by atoms with Crippen molar-refractivity contribution in [1.29, 1.82) is 0 Å². The van der Waals surface area contributed by atoms with Crippen molar-refractivity contribution < 1.29 is 18.7 Å². The molecule has 0 aliphatic heterocycles. The molecule has 0 bridgehead atoms. The Hall–Kier alpha value is -2.41. The van der Waals surface area contributed by atoms with Crippen molar-refractivity contribution in [2.45, 2.75) is 52.7 Å². The number of carbonyl (C=O) groups excluding carboxylic acids is 2. The van der Waals surface area contributed by atoms with Crippen LogP contribution in [0.4, 0.5) is 9.18 Å². The van der Waals surface area contributed by atoms with Crippen LogP contribution in [0.25, 0.3) is 0 Å². The van der Waals surface area contributed by atoms with E-state index in [0.29, 0.717) is 0 Å². The van der Waals surface area contributed by atoms with Gasteiger partial charge in [-0.1, -0.05) is 24.8 Å². The quantitative estimate of drug-likeness (QED) is 0.820. The summed E-state index contributed by atoms with van der Waals surface area (Å²) < 4.78 is 19.4. The minimum absolute atomic E-state index is 0.0339. The topological polar surface area (TPSA) is 84.7 Å². The molecule has 1 aromatic rings. The number of alkyl carbamates (subject to hydrolysis) is 1. The predicted molar refractivity (Wildman–Crippen MR) is 103 cm³/mol. The van der Waals surface area contributed by atoms with E-state index < -0.39 is 34.4 Å². The number of nitrogens with one attached hydrogen (secondary N) is 1. The molecule has 7 heteroatoms. The van der Waals surface area contributed by atoms with Gasteiger partial charge in [-0.15, -0.1) is 0 Å². The fourth-order valence-corrected chi connectivity index (χ4v) is 2.49. The third kappa shape index (κ3) is 5.07. The maximum absolute atomic E-state index is 14.3. The van der Waals surface area contributed by atoms with Crippen LogP contribution in [0.5, 0.6) is 0 Å². The molecule has 0 unspecified atom stereocenters. The van der Waals surface area contributed by atoms with E-state index in [0.717, 1.165) is 0 Å². The lowest BCUT2D eigenvalue weighted by Gasteiger charge is -2.42. The number of amides is 2. The monoisotopic (exact) mass is 379 g/mol. The highest BCUT2D eigenvalue weighted by atomic mass is 19.1. The predicted octanol–water partition coefficient (Wildman–Crippen LogP) is 3.48. The molecule has 0 saturated heterocycles. The Labute approximate surface area is 160 Å². The molecule has 0 aliphatic rings. The molecule has 0 fully saturated rings. The first-order valence-electron chi connectivity index (χ1n) is 8.62. The number of carbonyl (C=O) groups is 2. The van der Waals surface area contributed by atoms with Crippen LogP contribution in [-0.4, -0.2) is 29.5 Å². The van der Waals surface area contributed by atoms with Gasteiger partial charge in [-0.2, -0.15) is 0 Å². The Morgan fingerprint density at radius 1 is 1.15 bits per heavy atom. The number of ether oxygens (including phenoxy) is 1. The minimum Gasteiger partial charge on any atom is -0.444 e. The van der Waals surface area contributed by atoms with Crippen molar-refractivity contribution >= 4 is 12.0 Å². The fourth-order valence-electron chi connectivity index (χ4n) is 2.49. The molecule has 0 aliphatic carbocycles. The van der Waals surface area contributed by atoms with E-state index in [2.05, 4.69) is 11.9 Å². The number of rotatable bonds is 5. The Balaban J connectivity index is 3.03. The van der Waals surface area contributed by atoms with Crippen molar-refractivity contribution in [3.63, 3.8) is 0 Å². The van der Waals surface area contributed by atoms with Gasteiger partial charge in [0.05, 0.1) is 11.0 Å². The van der Waals surface area contributed by atoms with Gasteiger partial charge >= 0.3 is 6.09 Å². The average molecular weight is 379 g/mol. The van der Waals surface area contributed by atoms with E-state index in [9.17, 15) is 14.0 Å². The summed E-state index contributed by atoms with van der Waals surface area (Å²) in [6.45, 7) is 13.7. The molecule has 27 heavy (non-hydrogen) atoms. The number of hydrogen-bond donors (Lipinski definition) is 2. The Kier molecular flexibility index (Phi) is 6.44. The summed E-state index contributed by atoms with van der Waals surface area (Å²) in [6.07, 6.45) is -0.727. The molecule has 2 amide bonds. The summed E-state index contributed by atoms with van der Waals surface area (Å²) in [7, 11) is 1.46. The maximum Gasteiger partial charge on any atom is 0.413 e. The van der Waals surface area contributed by atoms with Gasteiger partial charge in [-0.25, -0.2) is 9.18 Å². The summed E-state index contributed by atoms with van der Waals surface area (Å²) in [5.74, 6) is -0.889. The van der Waals surface area contributed by atoms with Crippen molar-refractivity contribution in [3.05, 3.63) is 48.0 Å². The molecule has 1 aromatic carbocycles. The van der Waals surface area contributed by atoms with Crippen molar-refractivity contribution in [2.75, 3.05) is 7.05 Å². The second-order valence-corrected chi connectivity index (χ2v) is 8.24. The van der Waals surface area contributed by atoms with Crippen LogP contribution in [0.1, 0.15) is 47.1 Å². The standard InChI is InChI=1S/C20H30FN3O3/c1-13(23-17(26)27-18(2,3)4)24(8)16(25)19(5,6)20(7,22)14-11-9-10-12-15(14)21/h9-12H,1,22H2,2-8H3,(H,23,26)/t20-/m1/s1. The van der Waals surface area contributed by atoms with Crippen molar-refractivity contribution in [3.8, 4) is 0 Å². The normalized spacial score (nSPS) is 14.1. The molecular formula is C20H30FN3O3. The number of nitrogens with zero attached hydrogens (tertiary/aromatic N) is 1. The Morgan fingerprint density at radius 3 is 2.15 bits per heavy atom. The highest BCUT2D eigenvalue weighted by Crippen LogP contribution is 2.40. The van der Waals surface area contributed by atoms with E-state index in [4.69, 9.17) is 10.5 Å². The number of benzene rings is 1. The van der Waals surface area contributed by atoms with Gasteiger partial charge in [-0.3, -0.25) is 10.1 Å². The molecule has 0 aromatic heterocycles. The summed E-state index contributed by atoms with van der Waals surface area (Å²) in [5.41, 5.74) is 3.43. The third-order valence-electron chi connectivity index (χ3n) is 4.62. The highest BCUT2D eigenvalue weighted by molar-refractivity contribution is 5.85. The smallest absolute Gasteiger partial charge is 0.413 e. The van der Waals surface area contributed by atoms with E-state index in [1.54, 1.807) is 59.7 Å². The van der Waals surface area contributed by atoms with E-state index in [1.165, 1.54) is 18.0 Å². The molecule has 1 atom stereocenters. The Bertz CT molecular complexity index is 736. The van der Waals surface area contributed by atoms with E-state index in [1.807, 2.05) is 0 Å². The first-order valence-corrected chi connectivity index (χ1v) is 8.62. The zero-order valence-electron chi connectivity index (χ0n) is 17.1. The van der Waals surface area contributed by atoms with Crippen LogP contribution in [0.2, 0.25) is 0 Å². The van der Waals surface area contributed by atoms with E-state index >= 15 is 0 Å². The molecule has 0 saturated carbocycles. The first kappa shape index (κ1) is 22.6. The van der Waals surface area contributed by atoms with Gasteiger partial charge in [0.15, 0.2) is 0 Å². The average Bonchev–Trinajstić information content (AvgIpc) is 2.51. The van der Waals surface area contributed by atoms with Gasteiger partial charge in [0.25, 0.3) is 0 Å². The second-order valence-electron chi connectivity index (χ2n) is 8.24. The number of nitrogens with two attached hydrogens (primary N) is 1. The lowest BCUT2D eigenvalue weighted by molar-refractivity contribution is -0.141. The SMILES string of the molecule is C=C(NC(=O)OC(C)(C)C)N(C)C(=O)C(C)(C)[C@](C)(N)c1ccccc1F. The van der Waals surface area contributed by atoms with Crippen LogP contribution in [0.15, 0.2) is 36.7 Å². The molecule has 0 spiro atoms. The van der Waals surface area contributed by atoms with Gasteiger partial charge < -0.3 is 15.4 Å². The molecule has 0 heterocycles. The number of hydrogen-bond acceptors (Lipinski definition) is 4. The lowest BCUT2D eigenvalue weighted by atomic mass is 9.69. The van der Waals surface area contributed by atoms with Gasteiger partial charge in [0, 0.05) is 12.6 Å². The van der Waals surface area contributed by atoms with Crippen LogP contribution in [-0.2, 0) is 15.1 Å². The van der Waals surface area contributed by atoms with Crippen molar-refractivity contribution in [2.24, 2.45) is 11.1 Å². The Morgan fingerprint density at radius 2 is 1.67 bits per heavy atom. The fraction of sp³-hybridized carbons (Fsp3) is 0.500. The van der Waals surface area contributed by atoms with Gasteiger partial charge in [0.1, 0.15) is 17.2 Å². The minimum atomic E-state index is -1.31. The molecular weight excluding hydrogens is 349 g/mol. The largest absolute Gasteiger partial charge is 0.444 e. The third-order valence-corrected chi connectivity index (χ3v) is 4.62. The zero-order valence-corrected chi connectivity index (χ0v) is 17.1. The molecule has 150 valence electrons. The molecule has 0 radical (unpaired) electrons. The maximum atomic E-state index is 14.3. The summed E-state index contributed by atoms with van der Waals surface area (Å²) >= 11 is 0. The molecule has 3 N–H and O–H groups in total. The first-order chi connectivity index (χ1) is 12.1. The van der Waals surface area contributed by atoms with Crippen molar-refractivity contribution in [1.82, 2.24) is 10.2 Å². The van der Waals surface area contributed by atoms with Crippen LogP contribution < -0.4 is 11.1 Å². The van der Waals surface area contributed by atoms with Gasteiger partial charge in [-0.05, 0) is 47.6 Å². The van der Waals surface area contributed by atoms with Gasteiger partial charge in [0.2, 0.25) is 5.91 Å². The zero-order chi connectivity index (χ0) is 21.2. The second kappa shape index (κ2) is 7.68. The van der Waals surface area contributed by atoms with Crippen LogP contribution in [0.3, 0.4) is 0 Å². The highest BCUT2D eigenvalue weighted by Gasteiger charge is 2.48. The molecule has 6 nitrogen and oxygen atoms in total. The summed E-state index contributed by atoms with van der Waals surface area (Å²) in [4.78, 5) is 26.2. The summed E-state index contributed by atoms with van der Waals surface area (Å²) in [5, 5.41) is 2.43. The number of halogens is 1. The molecule has 1 rings (SSSR count). The summed E-state index contributed by atoms with van der Waals surface area (Å²) in [6, 6.07) is 6.07. The van der Waals surface area contributed by atoms with Crippen LogP contribution in [0, 0.1) is 11.2 Å². The van der Waals surface area contributed by atoms with E-state index in [-0.39, 0.29) is 11.4 Å².